The van der Waals surface area contributed by atoms with Gasteiger partial charge in [-0.15, -0.1) is 0 Å². The maximum absolute atomic E-state index is 11.6. The van der Waals surface area contributed by atoms with Crippen LogP contribution in [-0.4, -0.2) is 21.3 Å². The number of hydrogen-bond donors (Lipinski definition) is 3. The van der Waals surface area contributed by atoms with E-state index in [4.69, 9.17) is 5.73 Å². The Morgan fingerprint density at radius 2 is 2.35 bits per heavy atom. The maximum atomic E-state index is 11.6. The van der Waals surface area contributed by atoms with Gasteiger partial charge in [-0.3, -0.25) is 4.79 Å². The molecule has 0 aliphatic carbocycles. The van der Waals surface area contributed by atoms with E-state index in [1.54, 1.807) is 0 Å². The molecule has 2 aromatic rings. The van der Waals surface area contributed by atoms with E-state index in [9.17, 15) is 4.79 Å². The molecule has 0 spiro atoms. The van der Waals surface area contributed by atoms with Gasteiger partial charge in [-0.2, -0.15) is 15.4 Å². The molecular formula is C11H13N5O. The summed E-state index contributed by atoms with van der Waals surface area (Å²) in [6, 6.07) is 5.62. The zero-order valence-electron chi connectivity index (χ0n) is 9.40. The Morgan fingerprint density at radius 1 is 1.53 bits per heavy atom. The Morgan fingerprint density at radius 3 is 3.06 bits per heavy atom. The topological polar surface area (TPSA) is 96.7 Å². The number of aromatic amines is 1. The second-order valence-corrected chi connectivity index (χ2v) is 3.67. The lowest BCUT2D eigenvalue weighted by Crippen LogP contribution is -2.23. The third-order valence-corrected chi connectivity index (χ3v) is 2.57. The van der Waals surface area contributed by atoms with Gasteiger partial charge in [0, 0.05) is 12.2 Å². The Bertz CT molecular complexity index is 521. The second kappa shape index (κ2) is 4.65. The summed E-state index contributed by atoms with van der Waals surface area (Å²) in [7, 11) is 0. The van der Waals surface area contributed by atoms with Crippen molar-refractivity contribution in [3.63, 3.8) is 0 Å². The molecule has 0 atom stereocenters. The number of H-pyrrole nitrogens is 1. The first-order chi connectivity index (χ1) is 8.18. The molecule has 0 aliphatic heterocycles. The number of carbonyl (C=O) groups is 1. The molecule has 6 nitrogen and oxygen atoms in total. The molecule has 0 bridgehead atoms. The quantitative estimate of drug-likeness (QED) is 0.675. The second-order valence-electron chi connectivity index (χ2n) is 3.67. The van der Waals surface area contributed by atoms with Gasteiger partial charge >= 0.3 is 0 Å². The molecule has 0 unspecified atom stereocenters. The van der Waals surface area contributed by atoms with Crippen LogP contribution in [0.3, 0.4) is 0 Å². The first kappa shape index (κ1) is 11.1. The van der Waals surface area contributed by atoms with Crippen LogP contribution in [-0.2, 0) is 6.54 Å². The number of rotatable bonds is 3. The van der Waals surface area contributed by atoms with Gasteiger partial charge in [0.05, 0.1) is 6.20 Å². The zero-order chi connectivity index (χ0) is 12.3. The summed E-state index contributed by atoms with van der Waals surface area (Å²) < 4.78 is 0. The lowest BCUT2D eigenvalue weighted by atomic mass is 10.1. The predicted octanol–water partition coefficient (Wildman–Crippen LogP) is 0.625. The fourth-order valence-electron chi connectivity index (χ4n) is 1.47. The third kappa shape index (κ3) is 2.41. The molecule has 17 heavy (non-hydrogen) atoms. The highest BCUT2D eigenvalue weighted by atomic mass is 16.1. The van der Waals surface area contributed by atoms with Crippen LogP contribution in [0.2, 0.25) is 0 Å². The van der Waals surface area contributed by atoms with Crippen LogP contribution in [0.4, 0.5) is 5.69 Å². The van der Waals surface area contributed by atoms with E-state index in [2.05, 4.69) is 20.7 Å². The van der Waals surface area contributed by atoms with Crippen LogP contribution in [0.15, 0.2) is 24.4 Å². The summed E-state index contributed by atoms with van der Waals surface area (Å²) in [4.78, 5) is 11.6. The summed E-state index contributed by atoms with van der Waals surface area (Å²) in [5, 5.41) is 12.4. The number of amides is 1. The van der Waals surface area contributed by atoms with Crippen LogP contribution in [0.1, 0.15) is 21.6 Å². The summed E-state index contributed by atoms with van der Waals surface area (Å²) >= 11 is 0. The molecule has 1 aromatic heterocycles. The Labute approximate surface area is 98.2 Å². The monoisotopic (exact) mass is 231 g/mol. The first-order valence-electron chi connectivity index (χ1n) is 5.16. The van der Waals surface area contributed by atoms with Gasteiger partial charge in [0.25, 0.3) is 5.91 Å². The molecule has 0 saturated heterocycles. The Kier molecular flexibility index (Phi) is 3.04. The lowest BCUT2D eigenvalue weighted by Gasteiger charge is -2.08. The number of carbonyl (C=O) groups excluding carboxylic acids is 1. The minimum absolute atomic E-state index is 0.263. The van der Waals surface area contributed by atoms with E-state index >= 15 is 0 Å². The molecule has 4 N–H and O–H groups in total. The molecule has 0 saturated carbocycles. The smallest absolute Gasteiger partial charge is 0.273 e. The molecule has 1 amide bonds. The van der Waals surface area contributed by atoms with Gasteiger partial charge in [-0.05, 0) is 24.1 Å². The van der Waals surface area contributed by atoms with Gasteiger partial charge < -0.3 is 11.1 Å². The van der Waals surface area contributed by atoms with Crippen LogP contribution in [0, 0.1) is 6.92 Å². The average Bonchev–Trinajstić information content (AvgIpc) is 2.84. The van der Waals surface area contributed by atoms with E-state index in [0.717, 1.165) is 16.8 Å². The molecular weight excluding hydrogens is 218 g/mol. The van der Waals surface area contributed by atoms with Crippen molar-refractivity contribution in [1.29, 1.82) is 0 Å². The Hall–Kier alpha value is -2.37. The van der Waals surface area contributed by atoms with Crippen molar-refractivity contribution in [3.05, 3.63) is 41.2 Å². The summed E-state index contributed by atoms with van der Waals surface area (Å²) in [5.41, 5.74) is 8.74. The number of benzene rings is 1. The molecule has 0 aliphatic rings. The van der Waals surface area contributed by atoms with Crippen LogP contribution >= 0.6 is 0 Å². The fraction of sp³-hybridized carbons (Fsp3) is 0.182. The van der Waals surface area contributed by atoms with Crippen molar-refractivity contribution in [2.24, 2.45) is 0 Å². The normalized spacial score (nSPS) is 10.2. The van der Waals surface area contributed by atoms with Crippen molar-refractivity contribution >= 4 is 11.6 Å². The van der Waals surface area contributed by atoms with Gasteiger partial charge in [0.2, 0.25) is 0 Å². The van der Waals surface area contributed by atoms with Crippen molar-refractivity contribution in [3.8, 4) is 0 Å². The van der Waals surface area contributed by atoms with Gasteiger partial charge in [0.15, 0.2) is 5.69 Å². The highest BCUT2D eigenvalue weighted by molar-refractivity contribution is 5.91. The van der Waals surface area contributed by atoms with E-state index in [0.29, 0.717) is 6.54 Å². The fourth-order valence-corrected chi connectivity index (χ4v) is 1.47. The number of nitrogens with zero attached hydrogens (tertiary/aromatic N) is 2. The summed E-state index contributed by atoms with van der Waals surface area (Å²) in [6.07, 6.45) is 1.38. The zero-order valence-corrected chi connectivity index (χ0v) is 9.40. The highest BCUT2D eigenvalue weighted by Crippen LogP contribution is 2.15. The standard InChI is InChI=1S/C11H13N5O/c1-7-8(3-2-4-9(7)12)5-13-11(17)10-6-14-16-15-10/h2-4,6H,5,12H2,1H3,(H,13,17)(H,14,15,16). The van der Waals surface area contributed by atoms with E-state index < -0.39 is 0 Å². The first-order valence-corrected chi connectivity index (χ1v) is 5.16. The summed E-state index contributed by atoms with van der Waals surface area (Å²) in [6.45, 7) is 2.34. The molecule has 1 aromatic carbocycles. The minimum Gasteiger partial charge on any atom is -0.399 e. The van der Waals surface area contributed by atoms with Crippen LogP contribution < -0.4 is 11.1 Å². The molecule has 1 heterocycles. The van der Waals surface area contributed by atoms with Gasteiger partial charge in [0.1, 0.15) is 0 Å². The number of nitrogens with one attached hydrogen (secondary N) is 2. The SMILES string of the molecule is Cc1c(N)cccc1CNC(=O)c1cn[nH]n1. The molecule has 6 heteroatoms. The third-order valence-electron chi connectivity index (χ3n) is 2.57. The largest absolute Gasteiger partial charge is 0.399 e. The number of nitrogen functional groups attached to an aromatic ring is 1. The highest BCUT2D eigenvalue weighted by Gasteiger charge is 2.08. The van der Waals surface area contributed by atoms with Crippen LogP contribution in [0.25, 0.3) is 0 Å². The van der Waals surface area contributed by atoms with Crippen molar-refractivity contribution in [2.75, 3.05) is 5.73 Å². The Balaban J connectivity index is 2.03. The maximum Gasteiger partial charge on any atom is 0.273 e. The van der Waals surface area contributed by atoms with Crippen molar-refractivity contribution < 1.29 is 4.79 Å². The van der Waals surface area contributed by atoms with E-state index in [1.165, 1.54) is 6.20 Å². The number of hydrogen-bond acceptors (Lipinski definition) is 4. The molecule has 0 radical (unpaired) electrons. The van der Waals surface area contributed by atoms with Crippen LogP contribution in [0.5, 0.6) is 0 Å². The van der Waals surface area contributed by atoms with E-state index in [-0.39, 0.29) is 11.6 Å². The summed E-state index contributed by atoms with van der Waals surface area (Å²) in [5.74, 6) is -0.263. The van der Waals surface area contributed by atoms with E-state index in [1.807, 2.05) is 25.1 Å². The molecule has 0 fully saturated rings. The molecule has 2 rings (SSSR count). The average molecular weight is 231 g/mol. The van der Waals surface area contributed by atoms with Crippen molar-refractivity contribution in [2.45, 2.75) is 13.5 Å². The van der Waals surface area contributed by atoms with Gasteiger partial charge in [-0.1, -0.05) is 12.1 Å². The predicted molar refractivity (Wildman–Crippen MR) is 63.1 cm³/mol. The molecule has 88 valence electrons. The minimum atomic E-state index is -0.263. The van der Waals surface area contributed by atoms with Gasteiger partial charge in [-0.25, -0.2) is 0 Å². The number of anilines is 1. The number of aromatic nitrogens is 3. The number of nitrogens with two attached hydrogens (primary N) is 1. The van der Waals surface area contributed by atoms with Crippen molar-refractivity contribution in [1.82, 2.24) is 20.7 Å². The lowest BCUT2D eigenvalue weighted by molar-refractivity contribution is 0.0946.